The molecular formula is C38H28O5. The van der Waals surface area contributed by atoms with E-state index in [-0.39, 0.29) is 5.78 Å². The normalized spacial score (nSPS) is 11.1. The van der Waals surface area contributed by atoms with Gasteiger partial charge in [0.05, 0.1) is 0 Å². The Morgan fingerprint density at radius 1 is 0.744 bits per heavy atom. The first kappa shape index (κ1) is 27.5. The first-order valence-electron chi connectivity index (χ1n) is 13.9. The monoisotopic (exact) mass is 564 g/mol. The van der Waals surface area contributed by atoms with Gasteiger partial charge in [-0.05, 0) is 60.0 Å². The number of ether oxygens (including phenoxy) is 2. The van der Waals surface area contributed by atoms with E-state index in [1.165, 1.54) is 6.08 Å². The Labute approximate surface area is 249 Å². The molecule has 0 fully saturated rings. The number of fused-ring (bicyclic) bond motifs is 1. The van der Waals surface area contributed by atoms with Gasteiger partial charge in [0.15, 0.2) is 5.78 Å². The number of rotatable bonds is 9. The van der Waals surface area contributed by atoms with Crippen LogP contribution < -0.4 is 9.47 Å². The van der Waals surface area contributed by atoms with Crippen molar-refractivity contribution in [2.75, 3.05) is 0 Å². The molecule has 1 heterocycles. The minimum Gasteiger partial charge on any atom is -0.489 e. The van der Waals surface area contributed by atoms with Gasteiger partial charge in [0.25, 0.3) is 0 Å². The molecule has 0 bridgehead atoms. The Morgan fingerprint density at radius 3 is 2.19 bits per heavy atom. The van der Waals surface area contributed by atoms with Gasteiger partial charge in [0.2, 0.25) is 0 Å². The standard InChI is InChI=1S/C38H28O5/c1-26-37(33-24-32(21-23-36(33)42-26)41-25-27-10-4-2-5-11-27)38(40)43-35-15-9-8-14-31(35)20-22-34(39)30-18-16-29(17-19-30)28-12-6-3-7-13-28/h2-24H,25H2,1H3. The molecule has 0 amide bonds. The number of allylic oxidation sites excluding steroid dienone is 1. The second-order valence-electron chi connectivity index (χ2n) is 10.0. The lowest BCUT2D eigenvalue weighted by atomic mass is 10.0. The zero-order chi connectivity index (χ0) is 29.6. The number of esters is 1. The second kappa shape index (κ2) is 12.5. The predicted molar refractivity (Wildman–Crippen MR) is 168 cm³/mol. The number of ketones is 1. The highest BCUT2D eigenvalue weighted by Crippen LogP contribution is 2.31. The van der Waals surface area contributed by atoms with E-state index >= 15 is 0 Å². The van der Waals surface area contributed by atoms with Gasteiger partial charge in [0.1, 0.15) is 35.0 Å². The number of benzene rings is 5. The van der Waals surface area contributed by atoms with Gasteiger partial charge in [-0.3, -0.25) is 4.79 Å². The summed E-state index contributed by atoms with van der Waals surface area (Å²) in [6, 6.07) is 39.8. The minimum atomic E-state index is -0.555. The van der Waals surface area contributed by atoms with E-state index < -0.39 is 5.97 Å². The van der Waals surface area contributed by atoms with Crippen molar-refractivity contribution in [2.45, 2.75) is 13.5 Å². The van der Waals surface area contributed by atoms with E-state index in [2.05, 4.69) is 0 Å². The van der Waals surface area contributed by atoms with Crippen molar-refractivity contribution < 1.29 is 23.5 Å². The summed E-state index contributed by atoms with van der Waals surface area (Å²) < 4.78 is 17.7. The number of hydrogen-bond acceptors (Lipinski definition) is 5. The van der Waals surface area contributed by atoms with Crippen LogP contribution in [0.15, 0.2) is 138 Å². The topological polar surface area (TPSA) is 65.7 Å². The van der Waals surface area contributed by atoms with Crippen LogP contribution in [0.4, 0.5) is 0 Å². The third kappa shape index (κ3) is 6.31. The maximum atomic E-state index is 13.4. The zero-order valence-electron chi connectivity index (χ0n) is 23.5. The third-order valence-electron chi connectivity index (χ3n) is 7.10. The molecule has 0 aliphatic carbocycles. The Balaban J connectivity index is 1.18. The molecule has 0 aliphatic heterocycles. The summed E-state index contributed by atoms with van der Waals surface area (Å²) in [5.41, 5.74) is 5.22. The molecule has 5 aromatic carbocycles. The van der Waals surface area contributed by atoms with Crippen molar-refractivity contribution in [2.24, 2.45) is 0 Å². The number of para-hydroxylation sites is 1. The summed E-state index contributed by atoms with van der Waals surface area (Å²) in [6.07, 6.45) is 3.14. The Morgan fingerprint density at radius 2 is 1.42 bits per heavy atom. The van der Waals surface area contributed by atoms with E-state index in [1.54, 1.807) is 43.3 Å². The highest BCUT2D eigenvalue weighted by molar-refractivity contribution is 6.08. The number of aryl methyl sites for hydroxylation is 1. The van der Waals surface area contributed by atoms with Crippen LogP contribution in [-0.2, 0) is 6.61 Å². The minimum absolute atomic E-state index is 0.152. The lowest BCUT2D eigenvalue weighted by Gasteiger charge is -2.08. The first-order chi connectivity index (χ1) is 21.0. The molecule has 0 N–H and O–H groups in total. The van der Waals surface area contributed by atoms with Crippen LogP contribution in [0.25, 0.3) is 28.2 Å². The average molecular weight is 565 g/mol. The van der Waals surface area contributed by atoms with Crippen molar-refractivity contribution in [1.29, 1.82) is 0 Å². The molecule has 6 aromatic rings. The van der Waals surface area contributed by atoms with Gasteiger partial charge in [-0.25, -0.2) is 4.79 Å². The maximum Gasteiger partial charge on any atom is 0.347 e. The fourth-order valence-electron chi connectivity index (χ4n) is 4.86. The van der Waals surface area contributed by atoms with Gasteiger partial charge in [0, 0.05) is 16.5 Å². The Hall–Kier alpha value is -5.68. The Bertz CT molecular complexity index is 1920. The van der Waals surface area contributed by atoms with Crippen LogP contribution >= 0.6 is 0 Å². The molecule has 0 atom stereocenters. The molecule has 6 rings (SSSR count). The number of carbonyl (C=O) groups is 2. The van der Waals surface area contributed by atoms with Crippen molar-refractivity contribution in [3.8, 4) is 22.6 Å². The molecule has 0 saturated carbocycles. The highest BCUT2D eigenvalue weighted by Gasteiger charge is 2.22. The molecule has 0 aliphatic rings. The van der Waals surface area contributed by atoms with Crippen LogP contribution in [0.1, 0.15) is 37.6 Å². The molecule has 5 heteroatoms. The van der Waals surface area contributed by atoms with Crippen molar-refractivity contribution in [1.82, 2.24) is 0 Å². The highest BCUT2D eigenvalue weighted by atomic mass is 16.5. The molecule has 5 nitrogen and oxygen atoms in total. The molecule has 0 saturated heterocycles. The lowest BCUT2D eigenvalue weighted by molar-refractivity contribution is 0.0734. The summed E-state index contributed by atoms with van der Waals surface area (Å²) in [5, 5.41) is 0.607. The van der Waals surface area contributed by atoms with Crippen LogP contribution in [0.5, 0.6) is 11.5 Å². The quantitative estimate of drug-likeness (QED) is 0.0758. The fourth-order valence-corrected chi connectivity index (χ4v) is 4.86. The third-order valence-corrected chi connectivity index (χ3v) is 7.10. The summed E-state index contributed by atoms with van der Waals surface area (Å²) in [4.78, 5) is 26.4. The van der Waals surface area contributed by atoms with Crippen molar-refractivity contribution in [3.05, 3.63) is 161 Å². The van der Waals surface area contributed by atoms with E-state index in [0.717, 1.165) is 16.7 Å². The maximum absolute atomic E-state index is 13.4. The molecule has 43 heavy (non-hydrogen) atoms. The number of furan rings is 1. The SMILES string of the molecule is Cc1oc2ccc(OCc3ccccc3)cc2c1C(=O)Oc1ccccc1C=CC(=O)c1ccc(-c2ccccc2)cc1. The largest absolute Gasteiger partial charge is 0.489 e. The number of carbonyl (C=O) groups excluding carboxylic acids is 2. The van der Waals surface area contributed by atoms with Gasteiger partial charge >= 0.3 is 5.97 Å². The number of hydrogen-bond donors (Lipinski definition) is 0. The van der Waals surface area contributed by atoms with Gasteiger partial charge in [-0.2, -0.15) is 0 Å². The average Bonchev–Trinajstić information content (AvgIpc) is 3.39. The van der Waals surface area contributed by atoms with E-state index in [9.17, 15) is 9.59 Å². The van der Waals surface area contributed by atoms with Crippen LogP contribution in [0, 0.1) is 6.92 Å². The van der Waals surface area contributed by atoms with Crippen LogP contribution in [0.3, 0.4) is 0 Å². The molecule has 0 spiro atoms. The first-order valence-corrected chi connectivity index (χ1v) is 13.9. The molecule has 1 aromatic heterocycles. The van der Waals surface area contributed by atoms with Gasteiger partial charge < -0.3 is 13.9 Å². The van der Waals surface area contributed by atoms with Gasteiger partial charge in [-0.15, -0.1) is 0 Å². The van der Waals surface area contributed by atoms with Crippen molar-refractivity contribution >= 4 is 28.8 Å². The van der Waals surface area contributed by atoms with Gasteiger partial charge in [-0.1, -0.05) is 103 Å². The lowest BCUT2D eigenvalue weighted by Crippen LogP contribution is -2.10. The summed E-state index contributed by atoms with van der Waals surface area (Å²) in [7, 11) is 0. The molecule has 0 unspecified atom stereocenters. The fraction of sp³-hybridized carbons (Fsp3) is 0.0526. The smallest absolute Gasteiger partial charge is 0.347 e. The van der Waals surface area contributed by atoms with Crippen LogP contribution in [-0.4, -0.2) is 11.8 Å². The second-order valence-corrected chi connectivity index (χ2v) is 10.0. The molecular weight excluding hydrogens is 536 g/mol. The molecule has 210 valence electrons. The molecule has 0 radical (unpaired) electrons. The predicted octanol–water partition coefficient (Wildman–Crippen LogP) is 9.10. The summed E-state index contributed by atoms with van der Waals surface area (Å²) in [6.45, 7) is 2.13. The Kier molecular flexibility index (Phi) is 7.96. The van der Waals surface area contributed by atoms with Crippen molar-refractivity contribution in [3.63, 3.8) is 0 Å². The van der Waals surface area contributed by atoms with E-state index in [0.29, 0.717) is 51.5 Å². The zero-order valence-corrected chi connectivity index (χ0v) is 23.5. The summed E-state index contributed by atoms with van der Waals surface area (Å²) in [5.74, 6) is 0.689. The van der Waals surface area contributed by atoms with Crippen LogP contribution in [0.2, 0.25) is 0 Å². The van der Waals surface area contributed by atoms with E-state index in [1.807, 2.05) is 97.1 Å². The van der Waals surface area contributed by atoms with E-state index in [4.69, 9.17) is 13.9 Å². The summed E-state index contributed by atoms with van der Waals surface area (Å²) >= 11 is 0.